The minimum Gasteiger partial charge on any atom is -0.507 e. The summed E-state index contributed by atoms with van der Waals surface area (Å²) >= 11 is 5.72. The first kappa shape index (κ1) is 14.6. The van der Waals surface area contributed by atoms with Crippen LogP contribution in [0.2, 0.25) is 5.02 Å². The van der Waals surface area contributed by atoms with E-state index < -0.39 is 17.5 Å². The van der Waals surface area contributed by atoms with Crippen LogP contribution in [0, 0.1) is 0 Å². The van der Waals surface area contributed by atoms with Crippen molar-refractivity contribution in [3.63, 3.8) is 0 Å². The minimum atomic E-state index is -4.64. The highest BCUT2D eigenvalue weighted by Gasteiger charge is 2.34. The van der Waals surface area contributed by atoms with Gasteiger partial charge in [-0.15, -0.1) is 0 Å². The van der Waals surface area contributed by atoms with Crippen molar-refractivity contribution in [1.29, 1.82) is 0 Å². The number of halogens is 4. The Labute approximate surface area is 108 Å². The molecule has 3 nitrogen and oxygen atoms in total. The van der Waals surface area contributed by atoms with Gasteiger partial charge in [-0.3, -0.25) is 0 Å². The van der Waals surface area contributed by atoms with Crippen LogP contribution in [0.5, 0.6) is 5.75 Å². The van der Waals surface area contributed by atoms with Crippen molar-refractivity contribution in [2.45, 2.75) is 13.1 Å². The van der Waals surface area contributed by atoms with E-state index in [1.54, 1.807) is 11.9 Å². The number of phenolic OH excluding ortho intramolecular Hbond substituents is 1. The molecule has 100 valence electrons. The van der Waals surface area contributed by atoms with Crippen molar-refractivity contribution in [3.05, 3.63) is 22.7 Å². The second kappa shape index (κ2) is 5.48. The van der Waals surface area contributed by atoms with Gasteiger partial charge in [0.05, 0.1) is 22.6 Å². The van der Waals surface area contributed by atoms with Gasteiger partial charge in [-0.1, -0.05) is 11.6 Å². The number of phenols is 1. The van der Waals surface area contributed by atoms with Crippen LogP contribution in [0.15, 0.2) is 17.1 Å². The molecule has 0 radical (unpaired) electrons. The Hall–Kier alpha value is -1.43. The molecule has 0 fully saturated rings. The molecule has 0 spiro atoms. The lowest BCUT2D eigenvalue weighted by atomic mass is 10.1. The number of benzene rings is 1. The average Bonchev–Trinajstić information content (AvgIpc) is 2.25. The lowest BCUT2D eigenvalue weighted by molar-refractivity contribution is -0.138. The molecule has 1 aromatic carbocycles. The van der Waals surface area contributed by atoms with Crippen LogP contribution >= 0.6 is 11.6 Å². The molecule has 1 N–H and O–H groups in total. The van der Waals surface area contributed by atoms with Crippen LogP contribution in [-0.2, 0) is 6.18 Å². The molecule has 0 unspecified atom stereocenters. The number of rotatable bonds is 3. The molecule has 0 aromatic heterocycles. The summed E-state index contributed by atoms with van der Waals surface area (Å²) in [5, 5.41) is 9.17. The van der Waals surface area contributed by atoms with Crippen LogP contribution in [0.3, 0.4) is 0 Å². The average molecular weight is 281 g/mol. The van der Waals surface area contributed by atoms with E-state index in [1.165, 1.54) is 6.34 Å². The third kappa shape index (κ3) is 3.53. The van der Waals surface area contributed by atoms with Crippen molar-refractivity contribution in [2.75, 3.05) is 13.6 Å². The summed E-state index contributed by atoms with van der Waals surface area (Å²) in [6.07, 6.45) is -3.27. The molecular formula is C11H12ClF3N2O. The fraction of sp³-hybridized carbons (Fsp3) is 0.364. The van der Waals surface area contributed by atoms with Gasteiger partial charge in [0.25, 0.3) is 0 Å². The second-order valence-electron chi connectivity index (χ2n) is 3.64. The van der Waals surface area contributed by atoms with E-state index in [1.807, 2.05) is 6.92 Å². The predicted molar refractivity (Wildman–Crippen MR) is 64.6 cm³/mol. The summed E-state index contributed by atoms with van der Waals surface area (Å²) in [5.74, 6) is -0.907. The van der Waals surface area contributed by atoms with Crippen molar-refractivity contribution in [2.24, 2.45) is 4.99 Å². The fourth-order valence-electron chi connectivity index (χ4n) is 1.12. The zero-order chi connectivity index (χ0) is 13.9. The number of aliphatic imine (C=N–C) groups is 1. The molecule has 0 amide bonds. The van der Waals surface area contributed by atoms with Gasteiger partial charge in [0.1, 0.15) is 5.75 Å². The zero-order valence-corrected chi connectivity index (χ0v) is 10.5. The molecule has 0 atom stereocenters. The van der Waals surface area contributed by atoms with Crippen LogP contribution < -0.4 is 0 Å². The molecule has 0 aliphatic rings. The number of aromatic hydroxyl groups is 1. The van der Waals surface area contributed by atoms with Gasteiger partial charge in [0, 0.05) is 19.7 Å². The summed E-state index contributed by atoms with van der Waals surface area (Å²) in [6.45, 7) is 2.52. The summed E-state index contributed by atoms with van der Waals surface area (Å²) in [6, 6.07) is 1.56. The molecule has 0 bridgehead atoms. The summed E-state index contributed by atoms with van der Waals surface area (Å²) in [5.41, 5.74) is -1.19. The molecule has 0 saturated carbocycles. The maximum Gasteiger partial charge on any atom is 0.420 e. The summed E-state index contributed by atoms with van der Waals surface area (Å²) in [7, 11) is 1.72. The van der Waals surface area contributed by atoms with Gasteiger partial charge in [-0.2, -0.15) is 13.2 Å². The first-order valence-electron chi connectivity index (χ1n) is 5.09. The van der Waals surface area contributed by atoms with Crippen molar-refractivity contribution >= 4 is 23.6 Å². The Morgan fingerprint density at radius 2 is 2.06 bits per heavy atom. The Bertz CT molecular complexity index is 460. The Kier molecular flexibility index (Phi) is 4.45. The third-order valence-electron chi connectivity index (χ3n) is 2.26. The highest BCUT2D eigenvalue weighted by Crippen LogP contribution is 2.41. The molecule has 0 aliphatic heterocycles. The minimum absolute atomic E-state index is 0.0397. The molecule has 18 heavy (non-hydrogen) atoms. The Morgan fingerprint density at radius 1 is 1.44 bits per heavy atom. The maximum atomic E-state index is 12.6. The highest BCUT2D eigenvalue weighted by atomic mass is 35.5. The topological polar surface area (TPSA) is 35.8 Å². The van der Waals surface area contributed by atoms with E-state index in [2.05, 4.69) is 4.99 Å². The van der Waals surface area contributed by atoms with Crippen LogP contribution in [0.25, 0.3) is 0 Å². The van der Waals surface area contributed by atoms with Crippen LogP contribution in [-0.4, -0.2) is 29.9 Å². The Balaban J connectivity index is 3.18. The molecule has 0 heterocycles. The number of hydrogen-bond donors (Lipinski definition) is 1. The lowest BCUT2D eigenvalue weighted by Crippen LogP contribution is -2.14. The standard InChI is InChI=1S/C11H12ClF3N2O/c1-3-17(2)6-16-9-4-7(11(13,14)15)10(18)5-8(9)12/h4-6,18H,3H2,1-2H3. The summed E-state index contributed by atoms with van der Waals surface area (Å²) in [4.78, 5) is 5.53. The highest BCUT2D eigenvalue weighted by molar-refractivity contribution is 6.33. The van der Waals surface area contributed by atoms with Gasteiger partial charge in [0.15, 0.2) is 0 Å². The fourth-order valence-corrected chi connectivity index (χ4v) is 1.33. The number of hydrogen-bond acceptors (Lipinski definition) is 2. The molecule has 1 aromatic rings. The molecule has 1 rings (SSSR count). The maximum absolute atomic E-state index is 12.6. The van der Waals surface area contributed by atoms with E-state index in [0.29, 0.717) is 6.54 Å². The predicted octanol–water partition coefficient (Wildman–Crippen LogP) is 3.68. The Morgan fingerprint density at radius 3 is 2.56 bits per heavy atom. The molecule has 7 heteroatoms. The van der Waals surface area contributed by atoms with E-state index in [0.717, 1.165) is 12.1 Å². The van der Waals surface area contributed by atoms with Gasteiger partial charge >= 0.3 is 6.18 Å². The number of nitrogens with zero attached hydrogens (tertiary/aromatic N) is 2. The second-order valence-corrected chi connectivity index (χ2v) is 4.04. The van der Waals surface area contributed by atoms with Crippen molar-refractivity contribution < 1.29 is 18.3 Å². The SMILES string of the molecule is CCN(C)C=Nc1cc(C(F)(F)F)c(O)cc1Cl. The summed E-state index contributed by atoms with van der Waals surface area (Å²) < 4.78 is 37.7. The first-order valence-corrected chi connectivity index (χ1v) is 5.47. The van der Waals surface area contributed by atoms with E-state index in [-0.39, 0.29) is 10.7 Å². The normalized spacial score (nSPS) is 12.1. The molecular weight excluding hydrogens is 269 g/mol. The van der Waals surface area contributed by atoms with Gasteiger partial charge < -0.3 is 10.0 Å². The van der Waals surface area contributed by atoms with Gasteiger partial charge in [-0.25, -0.2) is 4.99 Å². The molecule has 0 aliphatic carbocycles. The van der Waals surface area contributed by atoms with E-state index in [4.69, 9.17) is 11.6 Å². The number of alkyl halides is 3. The van der Waals surface area contributed by atoms with Gasteiger partial charge in [-0.05, 0) is 13.0 Å². The zero-order valence-electron chi connectivity index (χ0n) is 9.79. The molecule has 0 saturated heterocycles. The quantitative estimate of drug-likeness (QED) is 0.677. The lowest BCUT2D eigenvalue weighted by Gasteiger charge is -2.12. The van der Waals surface area contributed by atoms with Crippen LogP contribution in [0.1, 0.15) is 12.5 Å². The largest absolute Gasteiger partial charge is 0.507 e. The monoisotopic (exact) mass is 280 g/mol. The van der Waals surface area contributed by atoms with E-state index in [9.17, 15) is 18.3 Å². The van der Waals surface area contributed by atoms with Crippen molar-refractivity contribution in [1.82, 2.24) is 4.90 Å². The van der Waals surface area contributed by atoms with Crippen molar-refractivity contribution in [3.8, 4) is 5.75 Å². The first-order chi connectivity index (χ1) is 8.25. The van der Waals surface area contributed by atoms with Gasteiger partial charge in [0.2, 0.25) is 0 Å². The van der Waals surface area contributed by atoms with E-state index >= 15 is 0 Å². The van der Waals surface area contributed by atoms with Crippen LogP contribution in [0.4, 0.5) is 18.9 Å². The third-order valence-corrected chi connectivity index (χ3v) is 2.57. The smallest absolute Gasteiger partial charge is 0.420 e.